The van der Waals surface area contributed by atoms with Crippen LogP contribution in [-0.2, 0) is 6.61 Å². The van der Waals surface area contributed by atoms with E-state index in [9.17, 15) is 4.79 Å². The summed E-state index contributed by atoms with van der Waals surface area (Å²) in [5, 5.41) is 7.79. The normalized spacial score (nSPS) is 10.8. The van der Waals surface area contributed by atoms with Crippen LogP contribution in [0.5, 0.6) is 11.5 Å². The van der Waals surface area contributed by atoms with Crippen LogP contribution in [-0.4, -0.2) is 19.4 Å². The average molecular weight is 616 g/mol. The Hall–Kier alpha value is -2.26. The van der Waals surface area contributed by atoms with E-state index in [4.69, 9.17) is 32.7 Å². The van der Waals surface area contributed by atoms with E-state index >= 15 is 0 Å². The summed E-state index contributed by atoms with van der Waals surface area (Å²) in [6, 6.07) is 13.8. The zero-order valence-electron chi connectivity index (χ0n) is 17.6. The van der Waals surface area contributed by atoms with Crippen LogP contribution in [0.2, 0.25) is 10.0 Å². The molecule has 172 valence electrons. The molecule has 3 rings (SSSR count). The van der Waals surface area contributed by atoms with Gasteiger partial charge in [-0.3, -0.25) is 0 Å². The van der Waals surface area contributed by atoms with E-state index < -0.39 is 6.03 Å². The smallest absolute Gasteiger partial charge is 0.339 e. The third kappa shape index (κ3) is 7.11. The highest BCUT2D eigenvalue weighted by atomic mass is 79.9. The Bertz CT molecular complexity index is 1210. The van der Waals surface area contributed by atoms with Gasteiger partial charge in [-0.15, -0.1) is 0 Å². The molecule has 0 radical (unpaired) electrons. The summed E-state index contributed by atoms with van der Waals surface area (Å²) in [5.74, 6) is 1.00. The van der Waals surface area contributed by atoms with Gasteiger partial charge >= 0.3 is 6.03 Å². The number of nitrogens with zero attached hydrogens (tertiary/aromatic N) is 1. The molecule has 10 heteroatoms. The van der Waals surface area contributed by atoms with Crippen molar-refractivity contribution in [2.45, 2.75) is 13.5 Å². The van der Waals surface area contributed by atoms with Crippen LogP contribution in [0, 0.1) is 6.92 Å². The number of carbonyl (C=O) groups is 1. The molecule has 0 heterocycles. The second-order valence-corrected chi connectivity index (χ2v) is 9.40. The first-order valence-electron chi connectivity index (χ1n) is 9.57. The molecule has 33 heavy (non-hydrogen) atoms. The largest absolute Gasteiger partial charge is 0.493 e. The number of halogens is 4. The molecule has 2 amide bonds. The Balaban J connectivity index is 1.65. The summed E-state index contributed by atoms with van der Waals surface area (Å²) < 4.78 is 13.0. The Morgan fingerprint density at radius 3 is 2.58 bits per heavy atom. The first-order valence-corrected chi connectivity index (χ1v) is 11.9. The van der Waals surface area contributed by atoms with Crippen LogP contribution in [0.4, 0.5) is 10.5 Å². The highest BCUT2D eigenvalue weighted by Gasteiger charge is 2.13. The molecular weight excluding hydrogens is 597 g/mol. The van der Waals surface area contributed by atoms with Gasteiger partial charge in [-0.05, 0) is 76.4 Å². The average Bonchev–Trinajstić information content (AvgIpc) is 2.76. The minimum atomic E-state index is -0.459. The number of rotatable bonds is 7. The molecule has 0 aliphatic carbocycles. The van der Waals surface area contributed by atoms with E-state index in [1.165, 1.54) is 13.3 Å². The number of carbonyl (C=O) groups excluding carboxylic acids is 1. The van der Waals surface area contributed by atoms with E-state index in [1.54, 1.807) is 36.4 Å². The molecule has 0 bridgehead atoms. The number of benzene rings is 3. The Labute approximate surface area is 218 Å². The standard InChI is InChI=1S/C23H19Br2Cl2N3O3/c1-13-7-17(5-6-18(13)24)29-23(31)30-28-11-14-8-19(25)22(21(9-14)32-2)33-12-15-3-4-16(26)10-20(15)27/h3-11H,12H2,1-2H3,(H2,29,30,31)/b28-11+. The number of urea groups is 1. The fourth-order valence-corrected chi connectivity index (χ4v) is 4.07. The maximum absolute atomic E-state index is 12.1. The van der Waals surface area contributed by atoms with E-state index in [-0.39, 0.29) is 6.61 Å². The van der Waals surface area contributed by atoms with Crippen molar-refractivity contribution in [3.05, 3.63) is 84.2 Å². The topological polar surface area (TPSA) is 72.0 Å². The molecule has 0 aromatic heterocycles. The molecule has 0 unspecified atom stereocenters. The fourth-order valence-electron chi connectivity index (χ4n) is 2.79. The van der Waals surface area contributed by atoms with Crippen LogP contribution in [0.15, 0.2) is 62.6 Å². The van der Waals surface area contributed by atoms with E-state index in [0.717, 1.165) is 15.6 Å². The molecule has 0 saturated carbocycles. The summed E-state index contributed by atoms with van der Waals surface area (Å²) in [7, 11) is 1.54. The molecule has 0 fully saturated rings. The van der Waals surface area contributed by atoms with Crippen LogP contribution < -0.4 is 20.2 Å². The summed E-state index contributed by atoms with van der Waals surface area (Å²) >= 11 is 19.1. The predicted molar refractivity (Wildman–Crippen MR) is 140 cm³/mol. The Morgan fingerprint density at radius 1 is 1.09 bits per heavy atom. The lowest BCUT2D eigenvalue weighted by atomic mass is 10.2. The van der Waals surface area contributed by atoms with Gasteiger partial charge < -0.3 is 14.8 Å². The van der Waals surface area contributed by atoms with Crippen LogP contribution in [0.1, 0.15) is 16.7 Å². The van der Waals surface area contributed by atoms with Gasteiger partial charge in [0.05, 0.1) is 17.8 Å². The van der Waals surface area contributed by atoms with Gasteiger partial charge in [0.2, 0.25) is 0 Å². The molecule has 0 saturated heterocycles. The minimum Gasteiger partial charge on any atom is -0.493 e. The molecular formula is C23H19Br2Cl2N3O3. The Kier molecular flexibility index (Phi) is 9.02. The third-order valence-electron chi connectivity index (χ3n) is 4.43. The monoisotopic (exact) mass is 613 g/mol. The third-order valence-corrected chi connectivity index (χ3v) is 6.50. The van der Waals surface area contributed by atoms with Gasteiger partial charge in [0.25, 0.3) is 0 Å². The van der Waals surface area contributed by atoms with Crippen LogP contribution >= 0.6 is 55.1 Å². The van der Waals surface area contributed by atoms with Crippen molar-refractivity contribution in [3.8, 4) is 11.5 Å². The van der Waals surface area contributed by atoms with Gasteiger partial charge in [0, 0.05) is 25.8 Å². The SMILES string of the molecule is COc1cc(/C=N/NC(=O)Nc2ccc(Br)c(C)c2)cc(Br)c1OCc1ccc(Cl)cc1Cl. The maximum Gasteiger partial charge on any atom is 0.339 e. The van der Waals surface area contributed by atoms with Gasteiger partial charge in [0.15, 0.2) is 11.5 Å². The number of hydrogen-bond acceptors (Lipinski definition) is 4. The highest BCUT2D eigenvalue weighted by Crippen LogP contribution is 2.37. The lowest BCUT2D eigenvalue weighted by Gasteiger charge is -2.14. The van der Waals surface area contributed by atoms with Crippen LogP contribution in [0.25, 0.3) is 0 Å². The van der Waals surface area contributed by atoms with Crippen molar-refractivity contribution < 1.29 is 14.3 Å². The molecule has 6 nitrogen and oxygen atoms in total. The van der Waals surface area contributed by atoms with Gasteiger partial charge in [-0.2, -0.15) is 5.10 Å². The summed E-state index contributed by atoms with van der Waals surface area (Å²) in [4.78, 5) is 12.1. The zero-order valence-corrected chi connectivity index (χ0v) is 22.3. The van der Waals surface area contributed by atoms with Crippen molar-refractivity contribution in [1.29, 1.82) is 0 Å². The van der Waals surface area contributed by atoms with E-state index in [1.807, 2.05) is 19.1 Å². The lowest BCUT2D eigenvalue weighted by Crippen LogP contribution is -2.24. The molecule has 3 aromatic rings. The highest BCUT2D eigenvalue weighted by molar-refractivity contribution is 9.10. The number of anilines is 1. The van der Waals surface area contributed by atoms with Crippen molar-refractivity contribution in [2.24, 2.45) is 5.10 Å². The number of hydrazone groups is 1. The molecule has 0 atom stereocenters. The van der Waals surface area contributed by atoms with Gasteiger partial charge in [-0.1, -0.05) is 45.2 Å². The number of aryl methyl sites for hydroxylation is 1. The second-order valence-electron chi connectivity index (χ2n) is 6.85. The molecule has 3 aromatic carbocycles. The quantitative estimate of drug-likeness (QED) is 0.213. The Morgan fingerprint density at radius 2 is 1.88 bits per heavy atom. The fraction of sp³-hybridized carbons (Fsp3) is 0.130. The zero-order chi connectivity index (χ0) is 24.0. The summed E-state index contributed by atoms with van der Waals surface area (Å²) in [5.41, 5.74) is 5.59. The van der Waals surface area contributed by atoms with Crippen LogP contribution in [0.3, 0.4) is 0 Å². The van der Waals surface area contributed by atoms with Crippen molar-refractivity contribution in [1.82, 2.24) is 5.43 Å². The van der Waals surface area contributed by atoms with Crippen molar-refractivity contribution in [3.63, 3.8) is 0 Å². The first kappa shape index (κ1) is 25.4. The van der Waals surface area contributed by atoms with E-state index in [2.05, 4.69) is 47.7 Å². The predicted octanol–water partition coefficient (Wildman–Crippen LogP) is 7.57. The number of methoxy groups -OCH3 is 1. The van der Waals surface area contributed by atoms with Crippen molar-refractivity contribution in [2.75, 3.05) is 12.4 Å². The van der Waals surface area contributed by atoms with E-state index in [0.29, 0.717) is 37.3 Å². The molecule has 2 N–H and O–H groups in total. The summed E-state index contributed by atoms with van der Waals surface area (Å²) in [6.45, 7) is 2.17. The van der Waals surface area contributed by atoms with Gasteiger partial charge in [-0.25, -0.2) is 10.2 Å². The van der Waals surface area contributed by atoms with Gasteiger partial charge in [0.1, 0.15) is 6.61 Å². The van der Waals surface area contributed by atoms with Crippen molar-refractivity contribution >= 4 is 73.0 Å². The lowest BCUT2D eigenvalue weighted by molar-refractivity contribution is 0.252. The number of nitrogens with one attached hydrogen (secondary N) is 2. The summed E-state index contributed by atoms with van der Waals surface area (Å²) in [6.07, 6.45) is 1.50. The number of hydrogen-bond donors (Lipinski definition) is 2. The molecule has 0 aliphatic heterocycles. The number of amides is 2. The maximum atomic E-state index is 12.1. The second kappa shape index (κ2) is 11.7. The molecule has 0 aliphatic rings. The minimum absolute atomic E-state index is 0.232. The molecule has 0 spiro atoms. The number of ether oxygens (including phenoxy) is 2. The first-order chi connectivity index (χ1) is 15.8.